The van der Waals surface area contributed by atoms with Crippen LogP contribution in [0.25, 0.3) is 0 Å². The van der Waals surface area contributed by atoms with Crippen LogP contribution in [0.15, 0.2) is 36.4 Å². The van der Waals surface area contributed by atoms with Crippen LogP contribution in [-0.4, -0.2) is 53.1 Å². The molecule has 0 fully saturated rings. The molecule has 0 saturated heterocycles. The molecular weight excluding hydrogens is 380 g/mol. The van der Waals surface area contributed by atoms with Crippen molar-refractivity contribution in [3.8, 4) is 23.0 Å². The van der Waals surface area contributed by atoms with Gasteiger partial charge in [-0.2, -0.15) is 0 Å². The van der Waals surface area contributed by atoms with Gasteiger partial charge in [0, 0.05) is 0 Å². The van der Waals surface area contributed by atoms with Crippen molar-refractivity contribution in [2.24, 2.45) is 0 Å². The summed E-state index contributed by atoms with van der Waals surface area (Å²) in [7, 11) is 5.96. The molecule has 8 heteroatoms. The van der Waals surface area contributed by atoms with Crippen molar-refractivity contribution >= 4 is 11.9 Å². The van der Waals surface area contributed by atoms with E-state index in [1.54, 1.807) is 31.2 Å². The van der Waals surface area contributed by atoms with Crippen LogP contribution in [0.2, 0.25) is 0 Å². The summed E-state index contributed by atoms with van der Waals surface area (Å²) in [5.74, 6) is 0.687. The van der Waals surface area contributed by atoms with Crippen molar-refractivity contribution in [2.45, 2.75) is 13.0 Å². The molecule has 0 aliphatic rings. The van der Waals surface area contributed by atoms with Crippen molar-refractivity contribution < 1.29 is 38.0 Å². The van der Waals surface area contributed by atoms with Gasteiger partial charge in [0.2, 0.25) is 0 Å². The topological polar surface area (TPSA) is 89.5 Å². The molecule has 2 aromatic rings. The molecule has 0 saturated carbocycles. The van der Waals surface area contributed by atoms with Crippen LogP contribution in [-0.2, 0) is 9.47 Å². The van der Waals surface area contributed by atoms with Gasteiger partial charge in [0.1, 0.15) is 12.7 Å². The second-order valence-corrected chi connectivity index (χ2v) is 5.95. The van der Waals surface area contributed by atoms with Crippen LogP contribution < -0.4 is 18.9 Å². The first-order valence-corrected chi connectivity index (χ1v) is 8.75. The van der Waals surface area contributed by atoms with Crippen molar-refractivity contribution in [1.82, 2.24) is 0 Å². The van der Waals surface area contributed by atoms with E-state index >= 15 is 0 Å². The quantitative estimate of drug-likeness (QED) is 0.589. The molecule has 29 heavy (non-hydrogen) atoms. The first kappa shape index (κ1) is 21.9. The smallest absolute Gasteiger partial charge is 0.338 e. The predicted octanol–water partition coefficient (Wildman–Crippen LogP) is 3.12. The summed E-state index contributed by atoms with van der Waals surface area (Å²) in [4.78, 5) is 24.5. The maximum Gasteiger partial charge on any atom is 0.338 e. The highest BCUT2D eigenvalue weighted by Gasteiger charge is 2.18. The van der Waals surface area contributed by atoms with Gasteiger partial charge in [0.25, 0.3) is 0 Å². The Kier molecular flexibility index (Phi) is 7.70. The van der Waals surface area contributed by atoms with Gasteiger partial charge in [0.15, 0.2) is 23.0 Å². The van der Waals surface area contributed by atoms with Crippen molar-refractivity contribution in [3.05, 3.63) is 47.5 Å². The van der Waals surface area contributed by atoms with Crippen LogP contribution in [0.5, 0.6) is 23.0 Å². The predicted molar refractivity (Wildman–Crippen MR) is 104 cm³/mol. The number of benzene rings is 2. The summed E-state index contributed by atoms with van der Waals surface area (Å²) in [6, 6.07) is 9.37. The number of hydrogen-bond acceptors (Lipinski definition) is 8. The number of carbonyl (C=O) groups is 2. The molecule has 2 rings (SSSR count). The first-order chi connectivity index (χ1) is 13.9. The van der Waals surface area contributed by atoms with E-state index in [0.29, 0.717) is 34.1 Å². The molecule has 0 heterocycles. The molecule has 156 valence electrons. The van der Waals surface area contributed by atoms with Crippen LogP contribution >= 0.6 is 0 Å². The van der Waals surface area contributed by atoms with E-state index < -0.39 is 18.0 Å². The lowest BCUT2D eigenvalue weighted by atomic mass is 10.2. The Labute approximate surface area is 169 Å². The molecule has 2 aromatic carbocycles. The number of methoxy groups -OCH3 is 4. The molecule has 0 radical (unpaired) electrons. The third-order valence-corrected chi connectivity index (χ3v) is 4.00. The fourth-order valence-electron chi connectivity index (χ4n) is 2.49. The zero-order valence-corrected chi connectivity index (χ0v) is 17.0. The Morgan fingerprint density at radius 3 is 1.62 bits per heavy atom. The van der Waals surface area contributed by atoms with E-state index in [1.807, 2.05) is 0 Å². The number of hydrogen-bond donors (Lipinski definition) is 0. The molecule has 0 aliphatic carbocycles. The van der Waals surface area contributed by atoms with E-state index in [-0.39, 0.29) is 6.61 Å². The summed E-state index contributed by atoms with van der Waals surface area (Å²) in [6.45, 7) is 1.52. The second kappa shape index (κ2) is 10.2. The third-order valence-electron chi connectivity index (χ3n) is 4.00. The van der Waals surface area contributed by atoms with Gasteiger partial charge in [0.05, 0.1) is 39.6 Å². The van der Waals surface area contributed by atoms with Gasteiger partial charge >= 0.3 is 11.9 Å². The van der Waals surface area contributed by atoms with Gasteiger partial charge < -0.3 is 28.4 Å². The van der Waals surface area contributed by atoms with E-state index in [2.05, 4.69) is 0 Å². The van der Waals surface area contributed by atoms with Crippen LogP contribution in [0.3, 0.4) is 0 Å². The molecule has 1 atom stereocenters. The average molecular weight is 404 g/mol. The zero-order valence-electron chi connectivity index (χ0n) is 17.0. The van der Waals surface area contributed by atoms with Gasteiger partial charge in [-0.3, -0.25) is 0 Å². The lowest BCUT2D eigenvalue weighted by Crippen LogP contribution is -2.22. The SMILES string of the molecule is COc1ccc(C(=O)OCC(C)OC(=O)c2ccc(OC)c(OC)c2)cc1OC. The van der Waals surface area contributed by atoms with Crippen LogP contribution in [0.4, 0.5) is 0 Å². The van der Waals surface area contributed by atoms with Gasteiger partial charge in [-0.25, -0.2) is 9.59 Å². The van der Waals surface area contributed by atoms with Crippen LogP contribution in [0.1, 0.15) is 27.6 Å². The molecule has 0 aromatic heterocycles. The highest BCUT2D eigenvalue weighted by molar-refractivity contribution is 5.91. The fourth-order valence-corrected chi connectivity index (χ4v) is 2.49. The molecule has 0 spiro atoms. The maximum absolute atomic E-state index is 12.3. The maximum atomic E-state index is 12.3. The zero-order chi connectivity index (χ0) is 21.4. The number of esters is 2. The molecule has 0 amide bonds. The Hall–Kier alpha value is -3.42. The van der Waals surface area contributed by atoms with Gasteiger partial charge in [-0.1, -0.05) is 0 Å². The molecular formula is C21H24O8. The number of rotatable bonds is 9. The summed E-state index contributed by atoms with van der Waals surface area (Å²) >= 11 is 0. The minimum Gasteiger partial charge on any atom is -0.493 e. The fraction of sp³-hybridized carbons (Fsp3) is 0.333. The van der Waals surface area contributed by atoms with E-state index in [4.69, 9.17) is 28.4 Å². The highest BCUT2D eigenvalue weighted by Crippen LogP contribution is 2.29. The van der Waals surface area contributed by atoms with E-state index in [9.17, 15) is 9.59 Å². The lowest BCUT2D eigenvalue weighted by molar-refractivity contribution is 0.00444. The standard InChI is InChI=1S/C21H24O8/c1-13(29-21(23)15-7-9-17(25-3)19(11-15)27-5)12-28-20(22)14-6-8-16(24-2)18(10-14)26-4/h6-11,13H,12H2,1-5H3. The average Bonchev–Trinajstić information content (AvgIpc) is 2.76. The Balaban J connectivity index is 1.94. The minimum atomic E-state index is -0.653. The van der Waals surface area contributed by atoms with E-state index in [1.165, 1.54) is 40.6 Å². The summed E-state index contributed by atoms with van der Waals surface area (Å²) in [6.07, 6.45) is -0.653. The van der Waals surface area contributed by atoms with Crippen molar-refractivity contribution in [1.29, 1.82) is 0 Å². The molecule has 0 aliphatic heterocycles. The molecule has 0 bridgehead atoms. The Bertz CT molecular complexity index is 862. The Morgan fingerprint density at radius 1 is 0.724 bits per heavy atom. The molecule has 8 nitrogen and oxygen atoms in total. The lowest BCUT2D eigenvalue weighted by Gasteiger charge is -2.15. The Morgan fingerprint density at radius 2 is 1.17 bits per heavy atom. The normalized spacial score (nSPS) is 11.2. The van der Waals surface area contributed by atoms with Crippen molar-refractivity contribution in [3.63, 3.8) is 0 Å². The third kappa shape index (κ3) is 5.54. The summed E-state index contributed by atoms with van der Waals surface area (Å²) in [5, 5.41) is 0. The van der Waals surface area contributed by atoms with Gasteiger partial charge in [-0.05, 0) is 43.3 Å². The first-order valence-electron chi connectivity index (χ1n) is 8.75. The highest BCUT2D eigenvalue weighted by atomic mass is 16.6. The molecule has 0 N–H and O–H groups in total. The summed E-state index contributed by atoms with van der Waals surface area (Å²) in [5.41, 5.74) is 0.585. The van der Waals surface area contributed by atoms with Crippen LogP contribution in [0, 0.1) is 0 Å². The van der Waals surface area contributed by atoms with Crippen molar-refractivity contribution in [2.75, 3.05) is 35.0 Å². The monoisotopic (exact) mass is 404 g/mol. The summed E-state index contributed by atoms with van der Waals surface area (Å²) < 4.78 is 31.2. The van der Waals surface area contributed by atoms with E-state index in [0.717, 1.165) is 0 Å². The largest absolute Gasteiger partial charge is 0.493 e. The number of ether oxygens (including phenoxy) is 6. The second-order valence-electron chi connectivity index (χ2n) is 5.95. The number of carbonyl (C=O) groups excluding carboxylic acids is 2. The minimum absolute atomic E-state index is 0.105. The molecule has 1 unspecified atom stereocenters. The van der Waals surface area contributed by atoms with Gasteiger partial charge in [-0.15, -0.1) is 0 Å².